The van der Waals surface area contributed by atoms with Gasteiger partial charge < -0.3 is 9.72 Å². The lowest BCUT2D eigenvalue weighted by molar-refractivity contribution is -0.124. The third-order valence-corrected chi connectivity index (χ3v) is 4.38. The van der Waals surface area contributed by atoms with Gasteiger partial charge in [0, 0.05) is 12.7 Å². The van der Waals surface area contributed by atoms with Crippen LogP contribution in [0.2, 0.25) is 0 Å². The second kappa shape index (κ2) is 6.81. The van der Waals surface area contributed by atoms with E-state index in [2.05, 4.69) is 16.5 Å². The molecule has 1 aliphatic rings. The first-order chi connectivity index (χ1) is 11.2. The average Bonchev–Trinajstić information content (AvgIpc) is 3.05. The summed E-state index contributed by atoms with van der Waals surface area (Å²) in [7, 11) is 0. The Labute approximate surface area is 134 Å². The van der Waals surface area contributed by atoms with Crippen LogP contribution in [0.25, 0.3) is 5.52 Å². The lowest BCUT2D eigenvalue weighted by Gasteiger charge is -2.16. The number of nitrogens with zero attached hydrogens (tertiary/aromatic N) is 3. The summed E-state index contributed by atoms with van der Waals surface area (Å²) in [5.74, 6) is -0.174. The molecule has 0 aliphatic heterocycles. The molecule has 0 bridgehead atoms. The highest BCUT2D eigenvalue weighted by atomic mass is 16.2. The number of fused-ring (bicyclic) bond motifs is 1. The van der Waals surface area contributed by atoms with Gasteiger partial charge in [0.15, 0.2) is 0 Å². The van der Waals surface area contributed by atoms with Crippen molar-refractivity contribution in [3.8, 4) is 0 Å². The molecule has 0 fully saturated rings. The van der Waals surface area contributed by atoms with E-state index in [9.17, 15) is 9.59 Å². The number of rotatable bonds is 5. The maximum atomic E-state index is 12.3. The van der Waals surface area contributed by atoms with E-state index in [1.54, 1.807) is 36.0 Å². The predicted octanol–water partition coefficient (Wildman–Crippen LogP) is 2.06. The van der Waals surface area contributed by atoms with E-state index in [0.29, 0.717) is 12.1 Å². The first-order valence-electron chi connectivity index (χ1n) is 8.17. The molecule has 1 aliphatic carbocycles. The molecule has 1 atom stereocenters. The van der Waals surface area contributed by atoms with Crippen LogP contribution in [0.15, 0.2) is 41.1 Å². The third kappa shape index (κ3) is 3.36. The van der Waals surface area contributed by atoms with Crippen LogP contribution in [-0.4, -0.2) is 26.6 Å². The minimum atomic E-state index is -0.622. The summed E-state index contributed by atoms with van der Waals surface area (Å²) in [4.78, 5) is 24.6. The fourth-order valence-electron chi connectivity index (χ4n) is 2.97. The number of hydrogen-bond acceptors (Lipinski definition) is 3. The number of nitrogens with one attached hydrogen (secondary N) is 1. The van der Waals surface area contributed by atoms with Crippen LogP contribution in [0.3, 0.4) is 0 Å². The second-order valence-corrected chi connectivity index (χ2v) is 6.01. The Hall–Kier alpha value is -2.37. The van der Waals surface area contributed by atoms with Crippen LogP contribution >= 0.6 is 0 Å². The highest BCUT2D eigenvalue weighted by Gasteiger charge is 2.18. The monoisotopic (exact) mass is 314 g/mol. The number of carbonyl (C=O) groups excluding carboxylic acids is 1. The van der Waals surface area contributed by atoms with E-state index in [0.717, 1.165) is 19.3 Å². The minimum absolute atomic E-state index is 0.174. The minimum Gasteiger partial charge on any atom is -0.354 e. The van der Waals surface area contributed by atoms with Gasteiger partial charge in [0.25, 0.3) is 5.56 Å². The van der Waals surface area contributed by atoms with Crippen LogP contribution in [-0.2, 0) is 4.79 Å². The van der Waals surface area contributed by atoms with Crippen molar-refractivity contribution in [1.29, 1.82) is 0 Å². The van der Waals surface area contributed by atoms with Gasteiger partial charge in [0.1, 0.15) is 17.9 Å². The Morgan fingerprint density at radius 1 is 1.43 bits per heavy atom. The van der Waals surface area contributed by atoms with Gasteiger partial charge in [-0.25, -0.2) is 4.68 Å². The lowest BCUT2D eigenvalue weighted by atomic mass is 9.97. The van der Waals surface area contributed by atoms with Gasteiger partial charge in [0.05, 0.1) is 0 Å². The highest BCUT2D eigenvalue weighted by molar-refractivity contribution is 5.79. The first kappa shape index (κ1) is 15.5. The molecule has 3 rings (SSSR count). The molecule has 0 saturated heterocycles. The lowest BCUT2D eigenvalue weighted by Crippen LogP contribution is -2.38. The number of amides is 1. The van der Waals surface area contributed by atoms with Crippen LogP contribution < -0.4 is 10.9 Å². The highest BCUT2D eigenvalue weighted by Crippen LogP contribution is 2.19. The summed E-state index contributed by atoms with van der Waals surface area (Å²) in [5.41, 5.74) is 1.69. The predicted molar refractivity (Wildman–Crippen MR) is 88.3 cm³/mol. The molecular weight excluding hydrogens is 292 g/mol. The second-order valence-electron chi connectivity index (χ2n) is 6.01. The molecule has 122 valence electrons. The maximum absolute atomic E-state index is 12.3. The normalized spacial score (nSPS) is 16.1. The van der Waals surface area contributed by atoms with Gasteiger partial charge >= 0.3 is 0 Å². The van der Waals surface area contributed by atoms with E-state index in [1.807, 2.05) is 0 Å². The van der Waals surface area contributed by atoms with E-state index >= 15 is 0 Å². The average molecular weight is 314 g/mol. The molecule has 0 saturated carbocycles. The van der Waals surface area contributed by atoms with Crippen molar-refractivity contribution in [2.45, 2.75) is 45.1 Å². The molecule has 6 nitrogen and oxygen atoms in total. The number of allylic oxidation sites excluding steroid dienone is 1. The van der Waals surface area contributed by atoms with Crippen molar-refractivity contribution in [3.63, 3.8) is 0 Å². The number of aromatic nitrogens is 3. The summed E-state index contributed by atoms with van der Waals surface area (Å²) < 4.78 is 2.89. The van der Waals surface area contributed by atoms with Crippen molar-refractivity contribution in [2.24, 2.45) is 0 Å². The van der Waals surface area contributed by atoms with Crippen molar-refractivity contribution >= 4 is 11.4 Å². The van der Waals surface area contributed by atoms with Crippen LogP contribution in [0, 0.1) is 0 Å². The summed E-state index contributed by atoms with van der Waals surface area (Å²) in [5, 5.41) is 7.00. The van der Waals surface area contributed by atoms with Gasteiger partial charge in [-0.1, -0.05) is 11.6 Å². The maximum Gasteiger partial charge on any atom is 0.291 e. The zero-order valence-corrected chi connectivity index (χ0v) is 13.4. The zero-order chi connectivity index (χ0) is 16.2. The first-order valence-corrected chi connectivity index (χ1v) is 8.17. The van der Waals surface area contributed by atoms with Crippen LogP contribution in [0.4, 0.5) is 0 Å². The quantitative estimate of drug-likeness (QED) is 0.859. The van der Waals surface area contributed by atoms with Gasteiger partial charge in [-0.2, -0.15) is 5.10 Å². The smallest absolute Gasteiger partial charge is 0.291 e. The Balaban J connectivity index is 1.63. The van der Waals surface area contributed by atoms with E-state index in [4.69, 9.17) is 0 Å². The van der Waals surface area contributed by atoms with Crippen LogP contribution in [0.1, 0.15) is 45.1 Å². The van der Waals surface area contributed by atoms with E-state index < -0.39 is 6.04 Å². The molecule has 1 N–H and O–H groups in total. The Morgan fingerprint density at radius 2 is 2.30 bits per heavy atom. The molecule has 6 heteroatoms. The van der Waals surface area contributed by atoms with Crippen molar-refractivity contribution < 1.29 is 4.79 Å². The fourth-order valence-corrected chi connectivity index (χ4v) is 2.97. The molecule has 0 unspecified atom stereocenters. The van der Waals surface area contributed by atoms with Gasteiger partial charge in [0.2, 0.25) is 5.91 Å². The number of hydrogen-bond donors (Lipinski definition) is 1. The van der Waals surface area contributed by atoms with Gasteiger partial charge in [-0.05, 0) is 51.2 Å². The molecule has 0 aromatic carbocycles. The van der Waals surface area contributed by atoms with E-state index in [1.165, 1.54) is 23.1 Å². The molecule has 2 heterocycles. The summed E-state index contributed by atoms with van der Waals surface area (Å²) in [6.45, 7) is 2.31. The zero-order valence-electron chi connectivity index (χ0n) is 13.4. The molecule has 2 aromatic heterocycles. The standard InChI is InChI=1S/C17H22N4O2/c1-13(16(22)18-10-9-14-6-3-2-4-7-14)21-17(23)15-8-5-11-20(15)12-19-21/h5-6,8,11-13H,2-4,7,9-10H2,1H3,(H,18,22)/t13-/m1/s1. The fraction of sp³-hybridized carbons (Fsp3) is 0.471. The Morgan fingerprint density at radius 3 is 3.09 bits per heavy atom. The largest absolute Gasteiger partial charge is 0.354 e. The van der Waals surface area contributed by atoms with Crippen molar-refractivity contribution in [1.82, 2.24) is 19.5 Å². The molecule has 0 spiro atoms. The number of carbonyl (C=O) groups is 1. The molecular formula is C17H22N4O2. The summed E-state index contributed by atoms with van der Waals surface area (Å²) in [6.07, 6.45) is 11.3. The molecule has 23 heavy (non-hydrogen) atoms. The van der Waals surface area contributed by atoms with Crippen molar-refractivity contribution in [3.05, 3.63) is 46.7 Å². The Bertz CT molecular complexity index is 787. The van der Waals surface area contributed by atoms with Gasteiger partial charge in [-0.15, -0.1) is 0 Å². The van der Waals surface area contributed by atoms with E-state index in [-0.39, 0.29) is 11.5 Å². The SMILES string of the molecule is C[C@H](C(=O)NCCC1=CCCCC1)n1ncn2cccc2c1=O. The summed E-state index contributed by atoms with van der Waals surface area (Å²) in [6, 6.07) is 2.88. The van der Waals surface area contributed by atoms with Crippen molar-refractivity contribution in [2.75, 3.05) is 6.54 Å². The summed E-state index contributed by atoms with van der Waals surface area (Å²) >= 11 is 0. The molecule has 1 amide bonds. The van der Waals surface area contributed by atoms with Crippen LogP contribution in [0.5, 0.6) is 0 Å². The third-order valence-electron chi connectivity index (χ3n) is 4.38. The topological polar surface area (TPSA) is 68.4 Å². The Kier molecular flexibility index (Phi) is 4.60. The van der Waals surface area contributed by atoms with Gasteiger partial charge in [-0.3, -0.25) is 9.59 Å². The molecule has 2 aromatic rings. The molecule has 0 radical (unpaired) electrons.